The number of halogens is 3. The summed E-state index contributed by atoms with van der Waals surface area (Å²) in [5.74, 6) is -2.06. The molecule has 0 amide bonds. The lowest BCUT2D eigenvalue weighted by atomic mass is 10.2. The first-order chi connectivity index (χ1) is 8.53. The Balaban J connectivity index is 1.82. The number of thiophene rings is 1. The van der Waals surface area contributed by atoms with E-state index in [0.29, 0.717) is 5.82 Å². The molecule has 1 aliphatic heterocycles. The SMILES string of the molecule is FC1(F)CNC(c2nc(-c3cc(Br)cs3)no2)C1. The number of alkyl halides is 2. The van der Waals surface area contributed by atoms with Crippen LogP contribution in [0.5, 0.6) is 0 Å². The molecular formula is C10H8BrF2N3OS. The smallest absolute Gasteiger partial charge is 0.262 e. The minimum absolute atomic E-state index is 0.215. The molecule has 4 nitrogen and oxygen atoms in total. The van der Waals surface area contributed by atoms with Crippen LogP contribution in [0, 0.1) is 0 Å². The second-order valence-corrected chi connectivity index (χ2v) is 5.91. The van der Waals surface area contributed by atoms with Gasteiger partial charge in [-0.3, -0.25) is 5.32 Å². The minimum Gasteiger partial charge on any atom is -0.337 e. The number of nitrogens with zero attached hydrogens (tertiary/aromatic N) is 2. The average Bonchev–Trinajstić information content (AvgIpc) is 2.96. The van der Waals surface area contributed by atoms with Gasteiger partial charge in [0.2, 0.25) is 11.7 Å². The van der Waals surface area contributed by atoms with E-state index < -0.39 is 12.0 Å². The van der Waals surface area contributed by atoms with E-state index in [1.54, 1.807) is 0 Å². The van der Waals surface area contributed by atoms with Gasteiger partial charge in [0.25, 0.3) is 5.92 Å². The predicted molar refractivity (Wildman–Crippen MR) is 65.6 cm³/mol. The zero-order valence-electron chi connectivity index (χ0n) is 8.99. The molecule has 2 aromatic rings. The largest absolute Gasteiger partial charge is 0.337 e. The van der Waals surface area contributed by atoms with Crippen molar-refractivity contribution in [3.63, 3.8) is 0 Å². The van der Waals surface area contributed by atoms with E-state index >= 15 is 0 Å². The molecule has 1 saturated heterocycles. The van der Waals surface area contributed by atoms with E-state index in [2.05, 4.69) is 31.4 Å². The normalized spacial score (nSPS) is 22.5. The molecule has 0 aliphatic carbocycles. The Morgan fingerprint density at radius 1 is 1.56 bits per heavy atom. The Bertz CT molecular complexity index is 571. The van der Waals surface area contributed by atoms with Crippen molar-refractivity contribution < 1.29 is 13.3 Å². The lowest BCUT2D eigenvalue weighted by molar-refractivity contribution is 0.0200. The van der Waals surface area contributed by atoms with E-state index in [1.165, 1.54) is 11.3 Å². The zero-order chi connectivity index (χ0) is 12.8. The van der Waals surface area contributed by atoms with Gasteiger partial charge in [-0.25, -0.2) is 8.78 Å². The van der Waals surface area contributed by atoms with Crippen LogP contribution in [0.15, 0.2) is 20.4 Å². The summed E-state index contributed by atoms with van der Waals surface area (Å²) in [6.45, 7) is -0.347. The van der Waals surface area contributed by atoms with Crippen LogP contribution in [-0.4, -0.2) is 22.6 Å². The van der Waals surface area contributed by atoms with Crippen LogP contribution in [0.1, 0.15) is 18.4 Å². The summed E-state index contributed by atoms with van der Waals surface area (Å²) < 4.78 is 32.1. The minimum atomic E-state index is -2.70. The summed E-state index contributed by atoms with van der Waals surface area (Å²) in [5.41, 5.74) is 0. The quantitative estimate of drug-likeness (QED) is 0.915. The van der Waals surface area contributed by atoms with Crippen LogP contribution in [-0.2, 0) is 0 Å². The highest BCUT2D eigenvalue weighted by Gasteiger charge is 2.42. The molecule has 1 fully saturated rings. The molecule has 2 aromatic heterocycles. The third-order valence-electron chi connectivity index (χ3n) is 2.64. The molecule has 1 N–H and O–H groups in total. The zero-order valence-corrected chi connectivity index (χ0v) is 11.4. The van der Waals surface area contributed by atoms with E-state index in [-0.39, 0.29) is 18.9 Å². The van der Waals surface area contributed by atoms with E-state index in [9.17, 15) is 8.78 Å². The van der Waals surface area contributed by atoms with Gasteiger partial charge in [0.15, 0.2) is 0 Å². The van der Waals surface area contributed by atoms with Crippen molar-refractivity contribution in [2.24, 2.45) is 0 Å². The Hall–Kier alpha value is -0.860. The maximum Gasteiger partial charge on any atom is 0.262 e. The summed E-state index contributed by atoms with van der Waals surface area (Å²) in [5, 5.41) is 8.39. The standard InChI is InChI=1S/C10H8BrF2N3OS/c11-5-1-7(18-3-5)8-15-9(17-16-8)6-2-10(12,13)4-14-6/h1,3,6,14H,2,4H2. The van der Waals surface area contributed by atoms with Crippen LogP contribution in [0.4, 0.5) is 8.78 Å². The number of aromatic nitrogens is 2. The van der Waals surface area contributed by atoms with E-state index in [1.807, 2.05) is 11.4 Å². The maximum absolute atomic E-state index is 13.1. The monoisotopic (exact) mass is 335 g/mol. The molecule has 0 saturated carbocycles. The molecular weight excluding hydrogens is 328 g/mol. The number of nitrogens with one attached hydrogen (secondary N) is 1. The second-order valence-electron chi connectivity index (χ2n) is 4.08. The van der Waals surface area contributed by atoms with Gasteiger partial charge in [0, 0.05) is 16.3 Å². The van der Waals surface area contributed by atoms with Crippen molar-refractivity contribution in [3.8, 4) is 10.7 Å². The summed E-state index contributed by atoms with van der Waals surface area (Å²) in [6, 6.07) is 1.29. The molecule has 1 unspecified atom stereocenters. The third kappa shape index (κ3) is 2.32. The van der Waals surface area contributed by atoms with Crippen molar-refractivity contribution in [1.29, 1.82) is 0 Å². The van der Waals surface area contributed by atoms with Gasteiger partial charge < -0.3 is 4.52 Å². The van der Waals surface area contributed by atoms with Crippen LogP contribution in [0.2, 0.25) is 0 Å². The maximum atomic E-state index is 13.1. The first kappa shape index (κ1) is 12.2. The molecule has 0 bridgehead atoms. The lowest BCUT2D eigenvalue weighted by Gasteiger charge is -2.04. The van der Waals surface area contributed by atoms with Crippen molar-refractivity contribution in [3.05, 3.63) is 21.8 Å². The van der Waals surface area contributed by atoms with Crippen LogP contribution in [0.3, 0.4) is 0 Å². The molecule has 0 radical (unpaired) electrons. The van der Waals surface area contributed by atoms with Crippen LogP contribution >= 0.6 is 27.3 Å². The summed E-state index contributed by atoms with van der Waals surface area (Å²) in [4.78, 5) is 4.99. The predicted octanol–water partition coefficient (Wildman–Crippen LogP) is 3.23. The molecule has 3 rings (SSSR count). The highest BCUT2D eigenvalue weighted by atomic mass is 79.9. The average molecular weight is 336 g/mol. The molecule has 0 aromatic carbocycles. The molecule has 1 aliphatic rings. The van der Waals surface area contributed by atoms with Crippen LogP contribution in [0.25, 0.3) is 10.7 Å². The number of hydrogen-bond donors (Lipinski definition) is 1. The van der Waals surface area contributed by atoms with Crippen molar-refractivity contribution >= 4 is 27.3 Å². The topological polar surface area (TPSA) is 51.0 Å². The van der Waals surface area contributed by atoms with Crippen LogP contribution < -0.4 is 5.32 Å². The Kier molecular flexibility index (Phi) is 2.95. The fourth-order valence-electron chi connectivity index (χ4n) is 1.80. The van der Waals surface area contributed by atoms with Crippen molar-refractivity contribution in [2.75, 3.05) is 6.54 Å². The second kappa shape index (κ2) is 4.36. The van der Waals surface area contributed by atoms with Gasteiger partial charge in [-0.2, -0.15) is 4.98 Å². The summed E-state index contributed by atoms with van der Waals surface area (Å²) in [6.07, 6.45) is -0.303. The van der Waals surface area contributed by atoms with E-state index in [0.717, 1.165) is 9.35 Å². The van der Waals surface area contributed by atoms with Gasteiger partial charge in [0.1, 0.15) is 0 Å². The highest BCUT2D eigenvalue weighted by Crippen LogP contribution is 2.34. The molecule has 0 spiro atoms. The van der Waals surface area contributed by atoms with Crippen molar-refractivity contribution in [2.45, 2.75) is 18.4 Å². The molecule has 96 valence electrons. The fourth-order valence-corrected chi connectivity index (χ4v) is 3.15. The Labute approximate surface area is 114 Å². The lowest BCUT2D eigenvalue weighted by Crippen LogP contribution is -2.19. The van der Waals surface area contributed by atoms with Crippen molar-refractivity contribution in [1.82, 2.24) is 15.5 Å². The van der Waals surface area contributed by atoms with Gasteiger partial charge in [-0.1, -0.05) is 5.16 Å². The Morgan fingerprint density at radius 2 is 2.39 bits per heavy atom. The summed E-state index contributed by atoms with van der Waals surface area (Å²) in [7, 11) is 0. The number of rotatable bonds is 2. The summed E-state index contributed by atoms with van der Waals surface area (Å²) >= 11 is 4.79. The molecule has 8 heteroatoms. The highest BCUT2D eigenvalue weighted by molar-refractivity contribution is 9.10. The van der Waals surface area contributed by atoms with E-state index in [4.69, 9.17) is 4.52 Å². The van der Waals surface area contributed by atoms with Gasteiger partial charge in [-0.05, 0) is 22.0 Å². The molecule has 3 heterocycles. The fraction of sp³-hybridized carbons (Fsp3) is 0.400. The third-order valence-corrected chi connectivity index (χ3v) is 4.32. The first-order valence-electron chi connectivity index (χ1n) is 5.23. The first-order valence-corrected chi connectivity index (χ1v) is 6.90. The van der Waals surface area contributed by atoms with Gasteiger partial charge in [0.05, 0.1) is 17.5 Å². The molecule has 1 atom stereocenters. The van der Waals surface area contributed by atoms with Gasteiger partial charge in [-0.15, -0.1) is 11.3 Å². The number of hydrogen-bond acceptors (Lipinski definition) is 5. The molecule has 18 heavy (non-hydrogen) atoms. The van der Waals surface area contributed by atoms with Gasteiger partial charge >= 0.3 is 0 Å². The Morgan fingerprint density at radius 3 is 3.00 bits per heavy atom.